The van der Waals surface area contributed by atoms with Gasteiger partial charge in [-0.15, -0.1) is 0 Å². The van der Waals surface area contributed by atoms with E-state index >= 15 is 0 Å². The topological polar surface area (TPSA) is 88.2 Å². The molecule has 8 heteroatoms. The number of nitrogens with one attached hydrogen (secondary N) is 1. The van der Waals surface area contributed by atoms with E-state index in [0.29, 0.717) is 0 Å². The van der Waals surface area contributed by atoms with Gasteiger partial charge in [-0.25, -0.2) is 0 Å². The van der Waals surface area contributed by atoms with Gasteiger partial charge in [0.2, 0.25) is 11.8 Å². The van der Waals surface area contributed by atoms with Gasteiger partial charge in [0.25, 0.3) is 5.91 Å². The van der Waals surface area contributed by atoms with Crippen LogP contribution in [0.15, 0.2) is 42.5 Å². The number of nitrogens with zero attached hydrogens (tertiary/aromatic N) is 2. The minimum atomic E-state index is -3.60. The van der Waals surface area contributed by atoms with Crippen LogP contribution in [-0.2, 0) is 33.9 Å². The molecule has 5 rings (SSSR count). The molecule has 2 aromatic rings. The van der Waals surface area contributed by atoms with Crippen molar-refractivity contribution in [3.63, 3.8) is 0 Å². The number of imide groups is 1. The highest BCUT2D eigenvalue weighted by molar-refractivity contribution is 6.05. The molecule has 8 nitrogen and oxygen atoms in total. The van der Waals surface area contributed by atoms with Crippen LogP contribution < -0.4 is 10.1 Å². The van der Waals surface area contributed by atoms with Gasteiger partial charge < -0.3 is 14.4 Å². The van der Waals surface area contributed by atoms with Gasteiger partial charge in [0.1, 0.15) is 18.4 Å². The van der Waals surface area contributed by atoms with Crippen molar-refractivity contribution in [3.05, 3.63) is 64.7 Å². The normalized spacial score (nSPS) is 40.8. The molecular formula is C25H27N3O5. The Morgan fingerprint density at radius 1 is 1.09 bits per heavy atom. The largest absolute Gasteiger partial charge is 0.489 e. The van der Waals surface area contributed by atoms with E-state index in [-0.39, 0.29) is 9.80 Å². The first-order valence-electron chi connectivity index (χ1n) is 18.4. The second-order valence-electron chi connectivity index (χ2n) is 6.71. The monoisotopic (exact) mass is 467 g/mol. The van der Waals surface area contributed by atoms with Crippen LogP contribution in [0.3, 0.4) is 0 Å². The molecule has 1 atom stereocenters. The Kier molecular flexibility index (Phi) is 2.60. The van der Waals surface area contributed by atoms with E-state index in [9.17, 15) is 14.4 Å². The van der Waals surface area contributed by atoms with Gasteiger partial charge in [-0.3, -0.25) is 24.6 Å². The summed E-state index contributed by atoms with van der Waals surface area (Å²) in [4.78, 5) is 38.2. The Morgan fingerprint density at radius 2 is 1.85 bits per heavy atom. The summed E-state index contributed by atoms with van der Waals surface area (Å²) in [6, 6.07) is 4.31. The highest BCUT2D eigenvalue weighted by atomic mass is 16.5. The Hall–Kier alpha value is -3.23. The third kappa shape index (κ3) is 4.62. The zero-order valence-corrected chi connectivity index (χ0v) is 16.6. The maximum absolute atomic E-state index is 13.5. The van der Waals surface area contributed by atoms with Gasteiger partial charge in [0.05, 0.1) is 30.6 Å². The van der Waals surface area contributed by atoms with Gasteiger partial charge in [-0.2, -0.15) is 0 Å². The average Bonchev–Trinajstić information content (AvgIpc) is 3.16. The summed E-state index contributed by atoms with van der Waals surface area (Å²) in [7, 11) is 0. The van der Waals surface area contributed by atoms with Crippen molar-refractivity contribution in [2.24, 2.45) is 0 Å². The fourth-order valence-electron chi connectivity index (χ4n) is 3.09. The highest BCUT2D eigenvalue weighted by Crippen LogP contribution is 2.34. The second-order valence-corrected chi connectivity index (χ2v) is 6.71. The lowest BCUT2D eigenvalue weighted by Gasteiger charge is -2.29. The molecule has 3 amide bonds. The quantitative estimate of drug-likeness (QED) is 0.653. The standard InChI is InChI=1S/C25H27N3O5/c29-23-9-8-21(24(30)26-23)28-15-20-19(25(28)31)2-1-3-22(20)33-16-18-6-4-17(5-7-18)14-27-10-12-32-13-11-27/h1-7,21H,8-16H2,(H,26,29,30)/t21-/m0/s1/i8D2,9D2,10D2,11D2,12D2,13D2,14D2,15D2,16D2. The van der Waals surface area contributed by atoms with Crippen LogP contribution in [0.5, 0.6) is 5.75 Å². The molecule has 172 valence electrons. The van der Waals surface area contributed by atoms with Gasteiger partial charge in [0.15, 0.2) is 0 Å². The molecule has 0 saturated carbocycles. The lowest BCUT2D eigenvalue weighted by molar-refractivity contribution is -0.136. The number of benzene rings is 2. The second kappa shape index (κ2) is 9.33. The molecule has 0 aliphatic carbocycles. The van der Waals surface area contributed by atoms with Gasteiger partial charge in [-0.05, 0) is 29.6 Å². The molecule has 33 heavy (non-hydrogen) atoms. The van der Waals surface area contributed by atoms with Crippen molar-refractivity contribution in [3.8, 4) is 5.75 Å². The molecule has 0 aromatic heterocycles. The lowest BCUT2D eigenvalue weighted by atomic mass is 10.0. The lowest BCUT2D eigenvalue weighted by Crippen LogP contribution is -2.52. The van der Waals surface area contributed by atoms with Crippen molar-refractivity contribution in [2.45, 2.75) is 38.3 Å². The SMILES string of the molecule is [2H]C([2H])(Oc1cccc2c1C([2H])([2H])N([C@@H]1C(=O)NC(=O)C([2H])([2H])C1([2H])[2H])C2=O)c1ccc(C([2H])([2H])N2C([2H])([2H])C([2H])([2H])OC([2H])([2H])C2([2H])[2H])cc1. The number of morpholine rings is 1. The van der Waals surface area contributed by atoms with Crippen molar-refractivity contribution in [1.29, 1.82) is 0 Å². The number of carbonyl (C=O) groups is 3. The third-order valence-electron chi connectivity index (χ3n) is 4.59. The molecule has 2 saturated heterocycles. The molecular weight excluding hydrogens is 422 g/mol. The summed E-state index contributed by atoms with van der Waals surface area (Å²) >= 11 is 0. The summed E-state index contributed by atoms with van der Waals surface area (Å²) in [5, 5.41) is 1.61. The Labute approximate surface area is 217 Å². The van der Waals surface area contributed by atoms with E-state index in [1.165, 1.54) is 0 Å². The summed E-state index contributed by atoms with van der Waals surface area (Å²) in [6.45, 7) is -23.7. The van der Waals surface area contributed by atoms with E-state index in [4.69, 9.17) is 29.4 Å². The molecule has 3 aliphatic heterocycles. The van der Waals surface area contributed by atoms with E-state index < -0.39 is 110 Å². The molecule has 0 bridgehead atoms. The zero-order valence-electron chi connectivity index (χ0n) is 34.6. The Balaban J connectivity index is 1.49. The van der Waals surface area contributed by atoms with Crippen LogP contribution in [0.25, 0.3) is 0 Å². The number of carbonyl (C=O) groups excluding carboxylic acids is 3. The van der Waals surface area contributed by atoms with E-state index in [2.05, 4.69) is 4.74 Å². The predicted octanol–water partition coefficient (Wildman–Crippen LogP) is 1.86. The number of piperidine rings is 1. The Bertz CT molecular complexity index is 1790. The third-order valence-corrected chi connectivity index (χ3v) is 4.59. The van der Waals surface area contributed by atoms with E-state index in [1.807, 2.05) is 0 Å². The van der Waals surface area contributed by atoms with Crippen LogP contribution in [-0.4, -0.2) is 59.7 Å². The van der Waals surface area contributed by atoms with Crippen LogP contribution >= 0.6 is 0 Å². The highest BCUT2D eigenvalue weighted by Gasteiger charge is 2.40. The summed E-state index contributed by atoms with van der Waals surface area (Å²) in [5.41, 5.74) is -2.17. The molecule has 3 aliphatic rings. The summed E-state index contributed by atoms with van der Waals surface area (Å²) < 4.78 is 158. The molecule has 2 fully saturated rings. The molecule has 0 unspecified atom stereocenters. The van der Waals surface area contributed by atoms with Gasteiger partial charge >= 0.3 is 0 Å². The smallest absolute Gasteiger partial charge is 0.255 e. The van der Waals surface area contributed by atoms with Gasteiger partial charge in [-0.1, -0.05) is 30.3 Å². The number of hydrogen-bond acceptors (Lipinski definition) is 6. The van der Waals surface area contributed by atoms with Crippen LogP contribution in [0.2, 0.25) is 0 Å². The minimum absolute atomic E-state index is 0.101. The number of ether oxygens (including phenoxy) is 2. The first-order valence-corrected chi connectivity index (χ1v) is 9.45. The minimum Gasteiger partial charge on any atom is -0.489 e. The first kappa shape index (κ1) is 9.19. The van der Waals surface area contributed by atoms with Crippen molar-refractivity contribution >= 4 is 17.7 Å². The number of fused-ring (bicyclic) bond motifs is 1. The Morgan fingerprint density at radius 3 is 2.64 bits per heavy atom. The van der Waals surface area contributed by atoms with E-state index in [1.54, 1.807) is 5.32 Å². The fourth-order valence-corrected chi connectivity index (χ4v) is 3.09. The maximum Gasteiger partial charge on any atom is 0.255 e. The van der Waals surface area contributed by atoms with Crippen molar-refractivity contribution < 1.29 is 48.5 Å². The number of amides is 3. The van der Waals surface area contributed by atoms with Crippen molar-refractivity contribution in [1.82, 2.24) is 15.1 Å². The van der Waals surface area contributed by atoms with Crippen LogP contribution in [0.1, 0.15) is 64.5 Å². The summed E-state index contributed by atoms with van der Waals surface area (Å²) in [6.07, 6.45) is -6.83. The number of hydrogen-bond donors (Lipinski definition) is 1. The zero-order chi connectivity index (χ0) is 38.9. The fraction of sp³-hybridized carbons (Fsp3) is 0.400. The van der Waals surface area contributed by atoms with Crippen LogP contribution in [0, 0.1) is 0 Å². The first-order chi connectivity index (χ1) is 22.8. The average molecular weight is 468 g/mol. The molecule has 0 spiro atoms. The van der Waals surface area contributed by atoms with Crippen LogP contribution in [0.4, 0.5) is 0 Å². The molecule has 1 N–H and O–H groups in total. The molecule has 2 aromatic carbocycles. The summed E-state index contributed by atoms with van der Waals surface area (Å²) in [5.74, 6) is -5.08. The molecule has 0 radical (unpaired) electrons. The number of rotatable bonds is 6. The maximum atomic E-state index is 13.5. The molecule has 3 heterocycles. The van der Waals surface area contributed by atoms with E-state index in [0.717, 1.165) is 42.5 Å². The van der Waals surface area contributed by atoms with Gasteiger partial charge in [0, 0.05) is 50.7 Å². The van der Waals surface area contributed by atoms with Crippen molar-refractivity contribution in [2.75, 3.05) is 26.1 Å². The predicted molar refractivity (Wildman–Crippen MR) is 119 cm³/mol.